The zero-order chi connectivity index (χ0) is 14.8. The van der Waals surface area contributed by atoms with Crippen molar-refractivity contribution in [3.63, 3.8) is 0 Å². The van der Waals surface area contributed by atoms with Crippen LogP contribution in [0.5, 0.6) is 5.75 Å². The van der Waals surface area contributed by atoms with Crippen LogP contribution in [0, 0.1) is 6.92 Å². The molecule has 0 saturated carbocycles. The summed E-state index contributed by atoms with van der Waals surface area (Å²) in [6.07, 6.45) is 0. The summed E-state index contributed by atoms with van der Waals surface area (Å²) in [7, 11) is 1.59. The highest BCUT2D eigenvalue weighted by atomic mass is 32.1. The van der Waals surface area contributed by atoms with Crippen LogP contribution in [0.15, 0.2) is 41.9 Å². The van der Waals surface area contributed by atoms with E-state index in [-0.39, 0.29) is 5.91 Å². The van der Waals surface area contributed by atoms with Crippen molar-refractivity contribution in [1.29, 1.82) is 0 Å². The van der Waals surface area contributed by atoms with E-state index in [9.17, 15) is 4.79 Å². The Hall–Kier alpha value is -2.40. The number of benzene rings is 2. The molecule has 106 valence electrons. The molecule has 0 aliphatic carbocycles. The molecule has 1 aromatic heterocycles. The molecule has 5 heteroatoms. The van der Waals surface area contributed by atoms with Crippen LogP contribution < -0.4 is 10.1 Å². The van der Waals surface area contributed by atoms with Crippen molar-refractivity contribution in [1.82, 2.24) is 4.98 Å². The van der Waals surface area contributed by atoms with Gasteiger partial charge >= 0.3 is 0 Å². The average molecular weight is 298 g/mol. The van der Waals surface area contributed by atoms with E-state index in [0.29, 0.717) is 17.0 Å². The maximum absolute atomic E-state index is 12.4. The number of thiazole rings is 1. The standard InChI is InChI=1S/C16H14N2O2S/c1-10-3-6-14(20-2)13(7-10)18-16(19)11-4-5-12-15(8-11)21-9-17-12/h3-9H,1-2H3,(H,18,19). The fraction of sp³-hybridized carbons (Fsp3) is 0.125. The van der Waals surface area contributed by atoms with Gasteiger partial charge in [-0.15, -0.1) is 11.3 Å². The van der Waals surface area contributed by atoms with Gasteiger partial charge in [0.05, 0.1) is 28.5 Å². The van der Waals surface area contributed by atoms with E-state index in [0.717, 1.165) is 15.8 Å². The minimum absolute atomic E-state index is 0.158. The van der Waals surface area contributed by atoms with Gasteiger partial charge < -0.3 is 10.1 Å². The summed E-state index contributed by atoms with van der Waals surface area (Å²) < 4.78 is 6.27. The van der Waals surface area contributed by atoms with E-state index in [4.69, 9.17) is 4.74 Å². The molecule has 2 aromatic carbocycles. The van der Waals surface area contributed by atoms with Crippen LogP contribution in [0.1, 0.15) is 15.9 Å². The third-order valence-corrected chi connectivity index (χ3v) is 3.99. The number of rotatable bonds is 3. The van der Waals surface area contributed by atoms with Gasteiger partial charge in [0.2, 0.25) is 0 Å². The maximum Gasteiger partial charge on any atom is 0.255 e. The predicted octanol–water partition coefficient (Wildman–Crippen LogP) is 3.87. The fourth-order valence-corrected chi connectivity index (χ4v) is 2.83. The molecule has 0 saturated heterocycles. The first-order valence-electron chi connectivity index (χ1n) is 6.46. The van der Waals surface area contributed by atoms with Crippen molar-refractivity contribution in [3.05, 3.63) is 53.0 Å². The van der Waals surface area contributed by atoms with Crippen LogP contribution in [-0.4, -0.2) is 18.0 Å². The number of hydrogen-bond donors (Lipinski definition) is 1. The van der Waals surface area contributed by atoms with Gasteiger partial charge in [0.25, 0.3) is 5.91 Å². The molecule has 0 spiro atoms. The summed E-state index contributed by atoms with van der Waals surface area (Å²) in [6, 6.07) is 11.2. The largest absolute Gasteiger partial charge is 0.495 e. The highest BCUT2D eigenvalue weighted by molar-refractivity contribution is 7.16. The molecule has 0 bridgehead atoms. The number of aryl methyl sites for hydroxylation is 1. The summed E-state index contributed by atoms with van der Waals surface area (Å²) in [4.78, 5) is 16.6. The Morgan fingerprint density at radius 2 is 2.10 bits per heavy atom. The van der Waals surface area contributed by atoms with E-state index < -0.39 is 0 Å². The Bertz CT molecular complexity index is 811. The van der Waals surface area contributed by atoms with Crippen LogP contribution in [0.2, 0.25) is 0 Å². The number of aromatic nitrogens is 1. The highest BCUT2D eigenvalue weighted by Gasteiger charge is 2.11. The summed E-state index contributed by atoms with van der Waals surface area (Å²) in [5.74, 6) is 0.488. The number of carbonyl (C=O) groups excluding carboxylic acids is 1. The molecule has 0 aliphatic rings. The number of anilines is 1. The number of fused-ring (bicyclic) bond motifs is 1. The SMILES string of the molecule is COc1ccc(C)cc1NC(=O)c1ccc2ncsc2c1. The van der Waals surface area contributed by atoms with E-state index in [1.54, 1.807) is 18.7 Å². The van der Waals surface area contributed by atoms with E-state index >= 15 is 0 Å². The minimum atomic E-state index is -0.158. The van der Waals surface area contributed by atoms with Crippen LogP contribution in [0.25, 0.3) is 10.2 Å². The van der Waals surface area contributed by atoms with Gasteiger partial charge in [-0.1, -0.05) is 6.07 Å². The summed E-state index contributed by atoms with van der Waals surface area (Å²) in [6.45, 7) is 1.97. The Kier molecular flexibility index (Phi) is 3.58. The van der Waals surface area contributed by atoms with Gasteiger partial charge in [-0.3, -0.25) is 4.79 Å². The molecule has 0 radical (unpaired) electrons. The zero-order valence-electron chi connectivity index (χ0n) is 11.7. The van der Waals surface area contributed by atoms with E-state index in [2.05, 4.69) is 10.3 Å². The second-order valence-electron chi connectivity index (χ2n) is 4.69. The topological polar surface area (TPSA) is 51.2 Å². The zero-order valence-corrected chi connectivity index (χ0v) is 12.5. The molecule has 3 aromatic rings. The minimum Gasteiger partial charge on any atom is -0.495 e. The van der Waals surface area contributed by atoms with Crippen molar-refractivity contribution in [2.45, 2.75) is 6.92 Å². The molecule has 0 unspecified atom stereocenters. The lowest BCUT2D eigenvalue weighted by Crippen LogP contribution is -2.12. The predicted molar refractivity (Wildman–Crippen MR) is 85.3 cm³/mol. The molecule has 1 N–H and O–H groups in total. The first-order chi connectivity index (χ1) is 10.2. The van der Waals surface area contributed by atoms with Gasteiger partial charge in [0.15, 0.2) is 0 Å². The Morgan fingerprint density at radius 3 is 2.90 bits per heavy atom. The number of amides is 1. The van der Waals surface area contributed by atoms with Crippen LogP contribution in [-0.2, 0) is 0 Å². The highest BCUT2D eigenvalue weighted by Crippen LogP contribution is 2.26. The Balaban J connectivity index is 1.90. The van der Waals surface area contributed by atoms with Gasteiger partial charge in [-0.25, -0.2) is 4.98 Å². The molecular formula is C16H14N2O2S. The maximum atomic E-state index is 12.4. The molecule has 4 nitrogen and oxygen atoms in total. The monoisotopic (exact) mass is 298 g/mol. The number of carbonyl (C=O) groups is 1. The van der Waals surface area contributed by atoms with Crippen LogP contribution in [0.3, 0.4) is 0 Å². The molecular weight excluding hydrogens is 284 g/mol. The number of nitrogens with zero attached hydrogens (tertiary/aromatic N) is 1. The molecule has 21 heavy (non-hydrogen) atoms. The summed E-state index contributed by atoms with van der Waals surface area (Å²) in [5, 5.41) is 2.90. The smallest absolute Gasteiger partial charge is 0.255 e. The van der Waals surface area contributed by atoms with Gasteiger partial charge in [-0.05, 0) is 42.8 Å². The number of nitrogens with one attached hydrogen (secondary N) is 1. The lowest BCUT2D eigenvalue weighted by atomic mass is 10.1. The lowest BCUT2D eigenvalue weighted by molar-refractivity contribution is 0.102. The average Bonchev–Trinajstić information content (AvgIpc) is 2.94. The first-order valence-corrected chi connectivity index (χ1v) is 7.34. The second kappa shape index (κ2) is 5.54. The number of methoxy groups -OCH3 is 1. The molecule has 1 heterocycles. The van der Waals surface area contributed by atoms with Gasteiger partial charge in [0.1, 0.15) is 5.75 Å². The first kappa shape index (κ1) is 13.6. The summed E-state index contributed by atoms with van der Waals surface area (Å²) >= 11 is 1.52. The molecule has 0 atom stereocenters. The van der Waals surface area contributed by atoms with Crippen LogP contribution in [0.4, 0.5) is 5.69 Å². The van der Waals surface area contributed by atoms with E-state index in [1.165, 1.54) is 11.3 Å². The Labute approximate surface area is 126 Å². The normalized spacial score (nSPS) is 10.6. The van der Waals surface area contributed by atoms with Gasteiger partial charge in [0, 0.05) is 5.56 Å². The third kappa shape index (κ3) is 2.73. The van der Waals surface area contributed by atoms with Crippen molar-refractivity contribution in [3.8, 4) is 5.75 Å². The molecule has 1 amide bonds. The number of ether oxygens (including phenoxy) is 1. The van der Waals surface area contributed by atoms with Gasteiger partial charge in [-0.2, -0.15) is 0 Å². The Morgan fingerprint density at radius 1 is 1.24 bits per heavy atom. The third-order valence-electron chi connectivity index (χ3n) is 3.20. The van der Waals surface area contributed by atoms with Crippen molar-refractivity contribution in [2.24, 2.45) is 0 Å². The van der Waals surface area contributed by atoms with Crippen molar-refractivity contribution in [2.75, 3.05) is 12.4 Å². The molecule has 0 aliphatic heterocycles. The quantitative estimate of drug-likeness (QED) is 0.798. The van der Waals surface area contributed by atoms with Crippen LogP contribution >= 0.6 is 11.3 Å². The second-order valence-corrected chi connectivity index (χ2v) is 5.58. The van der Waals surface area contributed by atoms with Crippen molar-refractivity contribution < 1.29 is 9.53 Å². The number of hydrogen-bond acceptors (Lipinski definition) is 4. The molecule has 0 fully saturated rings. The summed E-state index contributed by atoms with van der Waals surface area (Å²) in [5.41, 5.74) is 5.02. The fourth-order valence-electron chi connectivity index (χ4n) is 2.11. The van der Waals surface area contributed by atoms with E-state index in [1.807, 2.05) is 37.3 Å². The molecule has 3 rings (SSSR count). The lowest BCUT2D eigenvalue weighted by Gasteiger charge is -2.11. The van der Waals surface area contributed by atoms with Crippen molar-refractivity contribution >= 4 is 33.1 Å².